The van der Waals surface area contributed by atoms with E-state index in [2.05, 4.69) is 25.9 Å². The van der Waals surface area contributed by atoms with Crippen molar-refractivity contribution in [3.8, 4) is 0 Å². The van der Waals surface area contributed by atoms with Gasteiger partial charge in [-0.1, -0.05) is 50.1 Å². The topological polar surface area (TPSA) is 21.6 Å². The molecule has 2 nitrogen and oxygen atoms in total. The molecule has 0 heterocycles. The second kappa shape index (κ2) is 7.91. The molecule has 0 spiro atoms. The van der Waals surface area contributed by atoms with Gasteiger partial charge < -0.3 is 4.84 Å². The summed E-state index contributed by atoms with van der Waals surface area (Å²) >= 11 is 0. The minimum Gasteiger partial charge on any atom is -0.396 e. The third-order valence-electron chi connectivity index (χ3n) is 3.44. The quantitative estimate of drug-likeness (QED) is 0.263. The van der Waals surface area contributed by atoms with Gasteiger partial charge in [-0.15, -0.1) is 0 Å². The van der Waals surface area contributed by atoms with Crippen molar-refractivity contribution >= 4 is 13.8 Å². The maximum Gasteiger partial charge on any atom is 0.116 e. The summed E-state index contributed by atoms with van der Waals surface area (Å²) in [5, 5.41) is 3.95. The molecule has 0 aliphatic carbocycles. The van der Waals surface area contributed by atoms with Crippen LogP contribution in [-0.4, -0.2) is 20.4 Å². The van der Waals surface area contributed by atoms with E-state index in [1.54, 1.807) is 0 Å². The van der Waals surface area contributed by atoms with Crippen LogP contribution >= 0.6 is 0 Å². The highest BCUT2D eigenvalue weighted by Gasteiger charge is 2.25. The normalized spacial score (nSPS) is 11.3. The van der Waals surface area contributed by atoms with Crippen LogP contribution in [0.5, 0.6) is 0 Å². The number of hydrogen-bond acceptors (Lipinski definition) is 2. The van der Waals surface area contributed by atoms with Crippen molar-refractivity contribution in [2.45, 2.75) is 65.2 Å². The predicted octanol–water partition coefficient (Wildman–Crippen LogP) is 4.30. The first-order chi connectivity index (χ1) is 7.10. The summed E-state index contributed by atoms with van der Waals surface area (Å²) < 4.78 is 0. The van der Waals surface area contributed by atoms with E-state index in [0.29, 0.717) is 0 Å². The zero-order valence-corrected chi connectivity index (χ0v) is 12.1. The van der Waals surface area contributed by atoms with Gasteiger partial charge in [-0.05, 0) is 20.3 Å². The first-order valence-corrected chi connectivity index (χ1v) is 9.06. The van der Waals surface area contributed by atoms with Gasteiger partial charge in [0.15, 0.2) is 0 Å². The first-order valence-electron chi connectivity index (χ1n) is 6.23. The minimum atomic E-state index is -0.923. The third-order valence-corrected chi connectivity index (χ3v) is 9.35. The van der Waals surface area contributed by atoms with Crippen molar-refractivity contribution in [2.75, 3.05) is 6.61 Å². The van der Waals surface area contributed by atoms with Crippen LogP contribution in [0.1, 0.15) is 41.0 Å². The van der Waals surface area contributed by atoms with E-state index < -0.39 is 8.07 Å². The molecule has 0 aromatic heterocycles. The SMILES string of the molecule is CC[Si](CC)(CC)CCCON=C(C)C. The molecule has 0 atom stereocenters. The summed E-state index contributed by atoms with van der Waals surface area (Å²) in [7, 11) is -0.923. The third kappa shape index (κ3) is 5.98. The van der Waals surface area contributed by atoms with Gasteiger partial charge in [0, 0.05) is 0 Å². The molecule has 0 rings (SSSR count). The second-order valence-electron chi connectivity index (χ2n) is 4.54. The Morgan fingerprint density at radius 3 is 2.00 bits per heavy atom. The van der Waals surface area contributed by atoms with E-state index in [4.69, 9.17) is 4.84 Å². The lowest BCUT2D eigenvalue weighted by Crippen LogP contribution is -2.31. The summed E-state index contributed by atoms with van der Waals surface area (Å²) in [6.07, 6.45) is 1.18. The van der Waals surface area contributed by atoms with Crippen molar-refractivity contribution in [1.82, 2.24) is 0 Å². The maximum atomic E-state index is 5.23. The van der Waals surface area contributed by atoms with Crippen LogP contribution in [0.15, 0.2) is 5.16 Å². The Kier molecular flexibility index (Phi) is 7.75. The standard InChI is InChI=1S/C12H27NOSi/c1-6-15(7-2,8-3)11-9-10-14-13-12(4)5/h6-11H2,1-5H3. The summed E-state index contributed by atoms with van der Waals surface area (Å²) in [4.78, 5) is 5.23. The molecular formula is C12H27NOSi. The Bertz CT molecular complexity index is 176. The van der Waals surface area contributed by atoms with Crippen LogP contribution in [0.4, 0.5) is 0 Å². The van der Waals surface area contributed by atoms with Crippen LogP contribution in [-0.2, 0) is 4.84 Å². The number of nitrogens with zero attached hydrogens (tertiary/aromatic N) is 1. The average molecular weight is 229 g/mol. The molecule has 0 aromatic carbocycles. The Labute approximate surface area is 96.1 Å². The van der Waals surface area contributed by atoms with Gasteiger partial charge in [-0.25, -0.2) is 0 Å². The molecule has 0 aliphatic rings. The molecule has 0 N–H and O–H groups in total. The molecule has 0 aliphatic heterocycles. The minimum absolute atomic E-state index is 0.792. The van der Waals surface area contributed by atoms with Crippen molar-refractivity contribution < 1.29 is 4.84 Å². The van der Waals surface area contributed by atoms with E-state index in [9.17, 15) is 0 Å². The molecule has 0 unspecified atom stereocenters. The smallest absolute Gasteiger partial charge is 0.116 e. The van der Waals surface area contributed by atoms with Gasteiger partial charge in [0.1, 0.15) is 6.61 Å². The van der Waals surface area contributed by atoms with E-state index in [0.717, 1.165) is 12.3 Å². The summed E-state index contributed by atoms with van der Waals surface area (Å²) in [6.45, 7) is 11.8. The van der Waals surface area contributed by atoms with Gasteiger partial charge in [-0.3, -0.25) is 0 Å². The molecular weight excluding hydrogens is 202 g/mol. The Morgan fingerprint density at radius 2 is 1.60 bits per heavy atom. The van der Waals surface area contributed by atoms with Gasteiger partial charge in [-0.2, -0.15) is 0 Å². The molecule has 3 heteroatoms. The maximum absolute atomic E-state index is 5.23. The molecule has 0 saturated heterocycles. The second-order valence-corrected chi connectivity index (χ2v) is 10.2. The molecule has 0 aromatic rings. The van der Waals surface area contributed by atoms with Gasteiger partial charge in [0.2, 0.25) is 0 Å². The summed E-state index contributed by atoms with van der Waals surface area (Å²) in [6, 6.07) is 5.64. The number of rotatable bonds is 8. The predicted molar refractivity (Wildman–Crippen MR) is 71.4 cm³/mol. The molecule has 0 amide bonds. The molecule has 0 bridgehead atoms. The fourth-order valence-electron chi connectivity index (χ4n) is 1.97. The molecule has 0 fully saturated rings. The monoisotopic (exact) mass is 229 g/mol. The lowest BCUT2D eigenvalue weighted by Gasteiger charge is -2.27. The van der Waals surface area contributed by atoms with E-state index >= 15 is 0 Å². The van der Waals surface area contributed by atoms with Crippen LogP contribution in [0.2, 0.25) is 24.2 Å². The van der Waals surface area contributed by atoms with Crippen LogP contribution in [0.25, 0.3) is 0 Å². The molecule has 15 heavy (non-hydrogen) atoms. The van der Waals surface area contributed by atoms with E-state index in [1.807, 2.05) is 13.8 Å². The fourth-order valence-corrected chi connectivity index (χ4v) is 5.42. The summed E-state index contributed by atoms with van der Waals surface area (Å²) in [5.74, 6) is 0. The van der Waals surface area contributed by atoms with Crippen LogP contribution in [0.3, 0.4) is 0 Å². The highest BCUT2D eigenvalue weighted by molar-refractivity contribution is 6.79. The number of oxime groups is 1. The van der Waals surface area contributed by atoms with Crippen molar-refractivity contribution in [1.29, 1.82) is 0 Å². The Balaban J connectivity index is 3.77. The lowest BCUT2D eigenvalue weighted by atomic mass is 10.5. The van der Waals surface area contributed by atoms with Gasteiger partial charge in [0.05, 0.1) is 13.8 Å². The zero-order chi connectivity index (χ0) is 11.7. The average Bonchev–Trinajstić information content (AvgIpc) is 2.24. The van der Waals surface area contributed by atoms with Crippen LogP contribution < -0.4 is 0 Å². The van der Waals surface area contributed by atoms with Crippen molar-refractivity contribution in [3.05, 3.63) is 0 Å². The highest BCUT2D eigenvalue weighted by Crippen LogP contribution is 2.26. The zero-order valence-electron chi connectivity index (χ0n) is 11.1. The van der Waals surface area contributed by atoms with E-state index in [-0.39, 0.29) is 0 Å². The number of hydrogen-bond donors (Lipinski definition) is 0. The molecule has 0 radical (unpaired) electrons. The lowest BCUT2D eigenvalue weighted by molar-refractivity contribution is 0.144. The molecule has 90 valence electrons. The Hall–Kier alpha value is -0.313. The van der Waals surface area contributed by atoms with Crippen LogP contribution in [0, 0.1) is 0 Å². The van der Waals surface area contributed by atoms with Crippen molar-refractivity contribution in [3.63, 3.8) is 0 Å². The van der Waals surface area contributed by atoms with E-state index in [1.165, 1.54) is 30.6 Å². The molecule has 0 saturated carbocycles. The van der Waals surface area contributed by atoms with Gasteiger partial charge in [0.25, 0.3) is 0 Å². The highest BCUT2D eigenvalue weighted by atomic mass is 28.3. The van der Waals surface area contributed by atoms with Gasteiger partial charge >= 0.3 is 0 Å². The first kappa shape index (κ1) is 14.7. The van der Waals surface area contributed by atoms with Crippen molar-refractivity contribution in [2.24, 2.45) is 5.16 Å². The summed E-state index contributed by atoms with van der Waals surface area (Å²) in [5.41, 5.74) is 1.000. The fraction of sp³-hybridized carbons (Fsp3) is 0.917. The largest absolute Gasteiger partial charge is 0.396 e. The Morgan fingerprint density at radius 1 is 1.07 bits per heavy atom.